The van der Waals surface area contributed by atoms with Gasteiger partial charge in [0.05, 0.1) is 10.6 Å². The number of carbonyl (C=O) groups excluding carboxylic acids is 1. The molecule has 146 valence electrons. The third kappa shape index (κ3) is 3.97. The highest BCUT2D eigenvalue weighted by molar-refractivity contribution is 7.12. The fraction of sp³-hybridized carbons (Fsp3) is 0.364. The van der Waals surface area contributed by atoms with Crippen LogP contribution in [-0.2, 0) is 13.0 Å². The second-order valence-electron chi connectivity index (χ2n) is 7.85. The lowest BCUT2D eigenvalue weighted by Gasteiger charge is -2.52. The van der Waals surface area contributed by atoms with Crippen LogP contribution in [0.15, 0.2) is 58.4 Å². The van der Waals surface area contributed by atoms with E-state index >= 15 is 0 Å². The highest BCUT2D eigenvalue weighted by Crippen LogP contribution is 2.47. The van der Waals surface area contributed by atoms with Crippen molar-refractivity contribution in [1.29, 1.82) is 0 Å². The van der Waals surface area contributed by atoms with Gasteiger partial charge in [-0.3, -0.25) is 4.79 Å². The van der Waals surface area contributed by atoms with Crippen molar-refractivity contribution in [2.24, 2.45) is 11.3 Å². The van der Waals surface area contributed by atoms with Crippen molar-refractivity contribution in [2.75, 3.05) is 0 Å². The number of aromatic nitrogens is 1. The van der Waals surface area contributed by atoms with Crippen LogP contribution in [0, 0.1) is 11.3 Å². The Balaban J connectivity index is 1.29. The summed E-state index contributed by atoms with van der Waals surface area (Å²) in [7, 11) is 0. The van der Waals surface area contributed by atoms with Gasteiger partial charge >= 0.3 is 0 Å². The molecule has 2 aromatic heterocycles. The average molecular weight is 397 g/mol. The zero-order valence-corrected chi connectivity index (χ0v) is 16.9. The molecule has 4 rings (SSSR count). The maximum Gasteiger partial charge on any atom is 0.261 e. The Kier molecular flexibility index (Phi) is 5.22. The SMILES string of the molecule is CC1(C)[C@H](Cc2cc(COc3ccccc3)on2)C[C@@H]1NC(=O)c1cccs1. The lowest BCUT2D eigenvalue weighted by Crippen LogP contribution is -2.58. The van der Waals surface area contributed by atoms with Gasteiger partial charge in [-0.15, -0.1) is 11.3 Å². The minimum atomic E-state index is 0.0204. The van der Waals surface area contributed by atoms with E-state index in [1.165, 1.54) is 11.3 Å². The molecule has 28 heavy (non-hydrogen) atoms. The van der Waals surface area contributed by atoms with Crippen LogP contribution in [0.5, 0.6) is 5.75 Å². The number of para-hydroxylation sites is 1. The van der Waals surface area contributed by atoms with E-state index in [-0.39, 0.29) is 17.4 Å². The minimum Gasteiger partial charge on any atom is -0.486 e. The van der Waals surface area contributed by atoms with Crippen molar-refractivity contribution in [3.63, 3.8) is 0 Å². The maximum absolute atomic E-state index is 12.3. The summed E-state index contributed by atoms with van der Waals surface area (Å²) in [6.07, 6.45) is 1.79. The van der Waals surface area contributed by atoms with Gasteiger partial charge in [-0.1, -0.05) is 43.3 Å². The van der Waals surface area contributed by atoms with Crippen LogP contribution in [0.2, 0.25) is 0 Å². The summed E-state index contributed by atoms with van der Waals surface area (Å²) in [5.74, 6) is 2.01. The summed E-state index contributed by atoms with van der Waals surface area (Å²) in [5, 5.41) is 9.30. The number of thiophene rings is 1. The Labute approximate surface area is 168 Å². The first kappa shape index (κ1) is 18.7. The van der Waals surface area contributed by atoms with Crippen LogP contribution in [0.25, 0.3) is 0 Å². The molecule has 0 aliphatic heterocycles. The number of nitrogens with one attached hydrogen (secondary N) is 1. The van der Waals surface area contributed by atoms with E-state index in [1.54, 1.807) is 0 Å². The molecule has 1 aliphatic rings. The molecular weight excluding hydrogens is 372 g/mol. The normalized spacial score (nSPS) is 20.4. The number of ether oxygens (including phenoxy) is 1. The molecule has 1 fully saturated rings. The molecule has 1 amide bonds. The molecule has 1 aliphatic carbocycles. The summed E-state index contributed by atoms with van der Waals surface area (Å²) < 4.78 is 11.1. The van der Waals surface area contributed by atoms with Crippen LogP contribution >= 0.6 is 11.3 Å². The molecule has 2 heterocycles. The predicted molar refractivity (Wildman–Crippen MR) is 108 cm³/mol. The molecule has 5 nitrogen and oxygen atoms in total. The molecule has 1 aromatic carbocycles. The third-order valence-electron chi connectivity index (χ3n) is 5.71. The molecule has 0 radical (unpaired) electrons. The topological polar surface area (TPSA) is 64.4 Å². The molecule has 2 atom stereocenters. The summed E-state index contributed by atoms with van der Waals surface area (Å²) in [6, 6.07) is 15.6. The number of benzene rings is 1. The van der Waals surface area contributed by atoms with Crippen molar-refractivity contribution in [3.8, 4) is 5.75 Å². The van der Waals surface area contributed by atoms with Crippen LogP contribution in [-0.4, -0.2) is 17.1 Å². The van der Waals surface area contributed by atoms with Gasteiger partial charge in [0.15, 0.2) is 5.76 Å². The molecular formula is C22H24N2O3S. The highest BCUT2D eigenvalue weighted by atomic mass is 32.1. The number of rotatable bonds is 7. The lowest BCUT2D eigenvalue weighted by molar-refractivity contribution is 0.0139. The zero-order valence-electron chi connectivity index (χ0n) is 16.1. The van der Waals surface area contributed by atoms with Crippen LogP contribution in [0.3, 0.4) is 0 Å². The standard InChI is InChI=1S/C22H24N2O3S/c1-22(2)15(12-20(22)23-21(25)19-9-6-10-28-19)11-16-13-18(27-24-16)14-26-17-7-4-3-5-8-17/h3-10,13,15,20H,11-12,14H2,1-2H3,(H,23,25)/t15-,20+/m1/s1. The number of amides is 1. The van der Waals surface area contributed by atoms with Gasteiger partial charge in [-0.25, -0.2) is 0 Å². The van der Waals surface area contributed by atoms with Gasteiger partial charge in [0, 0.05) is 12.1 Å². The smallest absolute Gasteiger partial charge is 0.261 e. The first-order valence-electron chi connectivity index (χ1n) is 9.49. The number of hydrogen-bond donors (Lipinski definition) is 1. The second-order valence-corrected chi connectivity index (χ2v) is 8.80. The van der Waals surface area contributed by atoms with Crippen LogP contribution in [0.4, 0.5) is 0 Å². The van der Waals surface area contributed by atoms with E-state index in [1.807, 2.05) is 53.9 Å². The Hall–Kier alpha value is -2.60. The molecule has 0 unspecified atom stereocenters. The van der Waals surface area contributed by atoms with Gasteiger partial charge in [0.2, 0.25) is 0 Å². The summed E-state index contributed by atoms with van der Waals surface area (Å²) in [4.78, 5) is 13.1. The Morgan fingerprint density at radius 1 is 1.29 bits per heavy atom. The fourth-order valence-electron chi connectivity index (χ4n) is 3.69. The molecule has 3 aromatic rings. The van der Waals surface area contributed by atoms with Crippen molar-refractivity contribution >= 4 is 17.2 Å². The third-order valence-corrected chi connectivity index (χ3v) is 6.58. The molecule has 0 bridgehead atoms. The molecule has 6 heteroatoms. The van der Waals surface area contributed by atoms with Gasteiger partial charge < -0.3 is 14.6 Å². The first-order valence-corrected chi connectivity index (χ1v) is 10.4. The fourth-order valence-corrected chi connectivity index (χ4v) is 4.31. The summed E-state index contributed by atoms with van der Waals surface area (Å²) >= 11 is 1.47. The van der Waals surface area contributed by atoms with Gasteiger partial charge in [-0.05, 0) is 47.8 Å². The van der Waals surface area contributed by atoms with Crippen molar-refractivity contribution in [1.82, 2.24) is 10.5 Å². The van der Waals surface area contributed by atoms with Gasteiger partial charge in [0.25, 0.3) is 5.91 Å². The van der Waals surface area contributed by atoms with E-state index in [0.29, 0.717) is 12.5 Å². The Morgan fingerprint density at radius 2 is 2.11 bits per heavy atom. The van der Waals surface area contributed by atoms with E-state index in [2.05, 4.69) is 24.3 Å². The average Bonchev–Trinajstić information content (AvgIpc) is 3.38. The lowest BCUT2D eigenvalue weighted by atomic mass is 9.57. The Bertz CT molecular complexity index is 918. The maximum atomic E-state index is 12.3. The van der Waals surface area contributed by atoms with Crippen molar-refractivity contribution in [3.05, 3.63) is 70.2 Å². The summed E-state index contributed by atoms with van der Waals surface area (Å²) in [5.41, 5.74) is 0.958. The number of nitrogens with zero attached hydrogens (tertiary/aromatic N) is 1. The number of carbonyl (C=O) groups is 1. The van der Waals surface area contributed by atoms with Crippen LogP contribution < -0.4 is 10.1 Å². The highest BCUT2D eigenvalue weighted by Gasteiger charge is 2.48. The van der Waals surface area contributed by atoms with Crippen molar-refractivity contribution < 1.29 is 14.1 Å². The largest absolute Gasteiger partial charge is 0.486 e. The zero-order chi connectivity index (χ0) is 19.6. The van der Waals surface area contributed by atoms with E-state index < -0.39 is 0 Å². The van der Waals surface area contributed by atoms with Gasteiger partial charge in [-0.2, -0.15) is 0 Å². The van der Waals surface area contributed by atoms with Gasteiger partial charge in [0.1, 0.15) is 12.4 Å². The van der Waals surface area contributed by atoms with Crippen molar-refractivity contribution in [2.45, 2.75) is 39.3 Å². The second kappa shape index (κ2) is 7.80. The van der Waals surface area contributed by atoms with E-state index in [4.69, 9.17) is 9.26 Å². The molecule has 0 saturated heterocycles. The quantitative estimate of drug-likeness (QED) is 0.629. The molecule has 1 saturated carbocycles. The number of hydrogen-bond acceptors (Lipinski definition) is 5. The predicted octanol–water partition coefficient (Wildman–Crippen LogP) is 4.70. The first-order chi connectivity index (χ1) is 13.5. The minimum absolute atomic E-state index is 0.0204. The molecule has 0 spiro atoms. The van der Waals surface area contributed by atoms with E-state index in [9.17, 15) is 4.79 Å². The van der Waals surface area contributed by atoms with Crippen LogP contribution in [0.1, 0.15) is 41.4 Å². The Morgan fingerprint density at radius 3 is 2.82 bits per heavy atom. The van der Waals surface area contributed by atoms with E-state index in [0.717, 1.165) is 34.9 Å². The monoisotopic (exact) mass is 396 g/mol. The molecule has 1 N–H and O–H groups in total. The summed E-state index contributed by atoms with van der Waals surface area (Å²) in [6.45, 7) is 4.78.